The molecule has 0 aliphatic carbocycles. The Morgan fingerprint density at radius 1 is 1.00 bits per heavy atom. The molecule has 168 valence electrons. The highest BCUT2D eigenvalue weighted by molar-refractivity contribution is 5.98. The number of nitrogens with one attached hydrogen (secondary N) is 2. The van der Waals surface area contributed by atoms with Gasteiger partial charge in [0.2, 0.25) is 12.3 Å². The lowest BCUT2D eigenvalue weighted by molar-refractivity contribution is -0.596. The van der Waals surface area contributed by atoms with E-state index in [2.05, 4.69) is 10.7 Å². The van der Waals surface area contributed by atoms with Crippen LogP contribution in [0.3, 0.4) is 0 Å². The van der Waals surface area contributed by atoms with Gasteiger partial charge in [-0.05, 0) is 48.5 Å². The van der Waals surface area contributed by atoms with Crippen molar-refractivity contribution in [3.8, 4) is 5.75 Å². The Kier molecular flexibility index (Phi) is 6.40. The lowest BCUT2D eigenvalue weighted by atomic mass is 10.00. The number of hydrogen-bond donors (Lipinski definition) is 2. The highest BCUT2D eigenvalue weighted by atomic mass is 16.5. The molecule has 2 amide bonds. The Labute approximate surface area is 193 Å². The van der Waals surface area contributed by atoms with Crippen molar-refractivity contribution in [2.24, 2.45) is 0 Å². The van der Waals surface area contributed by atoms with Crippen molar-refractivity contribution in [3.05, 3.63) is 95.6 Å². The van der Waals surface area contributed by atoms with Gasteiger partial charge in [-0.3, -0.25) is 9.59 Å². The third-order valence-electron chi connectivity index (χ3n) is 5.61. The zero-order valence-electron chi connectivity index (χ0n) is 18.9. The van der Waals surface area contributed by atoms with Gasteiger partial charge >= 0.3 is 5.91 Å². The summed E-state index contributed by atoms with van der Waals surface area (Å²) >= 11 is 0. The second-order valence-corrected chi connectivity index (χ2v) is 8.03. The monoisotopic (exact) mass is 443 g/mol. The van der Waals surface area contributed by atoms with Gasteiger partial charge in [0.15, 0.2) is 6.04 Å². The first-order chi connectivity index (χ1) is 16.0. The smallest absolute Gasteiger partial charge is 0.304 e. The molecular weight excluding hydrogens is 416 g/mol. The molecule has 3 aromatic rings. The maximum absolute atomic E-state index is 13.0. The van der Waals surface area contributed by atoms with Crippen LogP contribution >= 0.6 is 0 Å². The minimum Gasteiger partial charge on any atom is -0.497 e. The van der Waals surface area contributed by atoms with Gasteiger partial charge in [0.05, 0.1) is 7.11 Å². The highest BCUT2D eigenvalue weighted by Gasteiger charge is 2.47. The van der Waals surface area contributed by atoms with Crippen LogP contribution in [-0.2, 0) is 4.79 Å². The van der Waals surface area contributed by atoms with E-state index in [9.17, 15) is 9.59 Å². The van der Waals surface area contributed by atoms with Crippen molar-refractivity contribution in [2.75, 3.05) is 26.1 Å². The predicted molar refractivity (Wildman–Crippen MR) is 128 cm³/mol. The van der Waals surface area contributed by atoms with Crippen LogP contribution in [0.4, 0.5) is 5.69 Å². The average Bonchev–Trinajstić information content (AvgIpc) is 3.14. The number of rotatable bonds is 6. The number of hydrazine groups is 1. The van der Waals surface area contributed by atoms with Crippen LogP contribution in [0, 0.1) is 0 Å². The number of benzene rings is 3. The van der Waals surface area contributed by atoms with Crippen molar-refractivity contribution in [2.45, 2.75) is 12.1 Å². The molecule has 7 nitrogen and oxygen atoms in total. The van der Waals surface area contributed by atoms with E-state index in [1.165, 1.54) is 0 Å². The summed E-state index contributed by atoms with van der Waals surface area (Å²) < 4.78 is 6.92. The largest absolute Gasteiger partial charge is 0.497 e. The molecule has 2 atom stereocenters. The van der Waals surface area contributed by atoms with E-state index in [4.69, 9.17) is 4.74 Å². The predicted octanol–water partition coefficient (Wildman–Crippen LogP) is 2.78. The van der Waals surface area contributed by atoms with Gasteiger partial charge in [-0.15, -0.1) is 10.1 Å². The molecule has 1 saturated heterocycles. The van der Waals surface area contributed by atoms with E-state index in [1.807, 2.05) is 79.8 Å². The van der Waals surface area contributed by atoms with E-state index in [0.29, 0.717) is 11.3 Å². The standard InChI is InChI=1S/C26H26N4O3/c1-29(2)21-13-9-18(10-14-21)17-30-24(19-7-5-4-6-8-19)23(26(32)28-30)27-25(31)20-11-15-22(33-3)16-12-20/h4-17,23-24H,1-3H3,(H-,27,28,31,32)/p+1/t23-,24-/m1/s1. The molecule has 0 bridgehead atoms. The van der Waals surface area contributed by atoms with Crippen molar-refractivity contribution in [3.63, 3.8) is 0 Å². The third-order valence-corrected chi connectivity index (χ3v) is 5.61. The van der Waals surface area contributed by atoms with E-state index < -0.39 is 12.1 Å². The molecule has 2 N–H and O–H groups in total. The van der Waals surface area contributed by atoms with Crippen LogP contribution in [0.5, 0.6) is 5.75 Å². The van der Waals surface area contributed by atoms with Gasteiger partial charge in [-0.25, -0.2) is 0 Å². The van der Waals surface area contributed by atoms with Crippen molar-refractivity contribution >= 4 is 23.7 Å². The number of nitrogens with zero attached hydrogens (tertiary/aromatic N) is 2. The van der Waals surface area contributed by atoms with E-state index >= 15 is 0 Å². The van der Waals surface area contributed by atoms with E-state index in [-0.39, 0.29) is 11.8 Å². The van der Waals surface area contributed by atoms with E-state index in [1.54, 1.807) is 36.1 Å². The maximum Gasteiger partial charge on any atom is 0.304 e. The molecule has 1 aliphatic heterocycles. The van der Waals surface area contributed by atoms with Gasteiger partial charge in [-0.1, -0.05) is 30.3 Å². The number of amides is 2. The fraction of sp³-hybridized carbons (Fsp3) is 0.192. The molecule has 0 spiro atoms. The summed E-state index contributed by atoms with van der Waals surface area (Å²) in [5.41, 5.74) is 6.30. The quantitative estimate of drug-likeness (QED) is 0.575. The Morgan fingerprint density at radius 2 is 1.67 bits per heavy atom. The van der Waals surface area contributed by atoms with Gasteiger partial charge in [0.1, 0.15) is 5.75 Å². The zero-order chi connectivity index (χ0) is 23.4. The molecule has 33 heavy (non-hydrogen) atoms. The van der Waals surface area contributed by atoms with Crippen LogP contribution in [0.25, 0.3) is 0 Å². The number of ether oxygens (including phenoxy) is 1. The molecule has 1 fully saturated rings. The first-order valence-corrected chi connectivity index (χ1v) is 10.7. The summed E-state index contributed by atoms with van der Waals surface area (Å²) in [6, 6.07) is 23.3. The normalized spacial score (nSPS) is 18.6. The summed E-state index contributed by atoms with van der Waals surface area (Å²) in [6.45, 7) is 0. The molecule has 1 heterocycles. The van der Waals surface area contributed by atoms with Crippen LogP contribution in [-0.4, -0.2) is 50.0 Å². The summed E-state index contributed by atoms with van der Waals surface area (Å²) in [4.78, 5) is 27.9. The summed E-state index contributed by atoms with van der Waals surface area (Å²) in [5, 5.41) is 2.91. The van der Waals surface area contributed by atoms with Crippen LogP contribution in [0.2, 0.25) is 0 Å². The number of methoxy groups -OCH3 is 1. The van der Waals surface area contributed by atoms with Crippen LogP contribution in [0.1, 0.15) is 27.5 Å². The molecule has 4 rings (SSSR count). The Hall–Kier alpha value is -4.13. The van der Waals surface area contributed by atoms with Crippen molar-refractivity contribution in [1.29, 1.82) is 0 Å². The number of hydrazone groups is 1. The van der Waals surface area contributed by atoms with Gasteiger partial charge in [0.25, 0.3) is 5.91 Å². The molecule has 0 unspecified atom stereocenters. The molecule has 3 aromatic carbocycles. The Bertz CT molecular complexity index is 1160. The van der Waals surface area contributed by atoms with Crippen LogP contribution in [0.15, 0.2) is 78.9 Å². The van der Waals surface area contributed by atoms with Crippen molar-refractivity contribution < 1.29 is 19.0 Å². The van der Waals surface area contributed by atoms with Crippen LogP contribution < -0.4 is 20.4 Å². The van der Waals surface area contributed by atoms with Gasteiger partial charge < -0.3 is 15.0 Å². The second kappa shape index (κ2) is 9.56. The summed E-state index contributed by atoms with van der Waals surface area (Å²) in [7, 11) is 5.55. The van der Waals surface area contributed by atoms with E-state index in [0.717, 1.165) is 16.8 Å². The number of hydrogen-bond acceptors (Lipinski definition) is 4. The van der Waals surface area contributed by atoms with Crippen molar-refractivity contribution in [1.82, 2.24) is 10.7 Å². The minimum absolute atomic E-state index is 0.271. The lowest BCUT2D eigenvalue weighted by Gasteiger charge is -2.15. The molecule has 7 heteroatoms. The molecule has 0 aromatic heterocycles. The fourth-order valence-corrected chi connectivity index (χ4v) is 3.82. The van der Waals surface area contributed by atoms with Gasteiger partial charge in [0, 0.05) is 36.5 Å². The molecular formula is C26H27N4O3+. The Morgan fingerprint density at radius 3 is 2.27 bits per heavy atom. The summed E-state index contributed by atoms with van der Waals surface area (Å²) in [5.74, 6) is 0.0659. The second-order valence-electron chi connectivity index (χ2n) is 8.03. The molecule has 1 aliphatic rings. The zero-order valence-corrected chi connectivity index (χ0v) is 18.9. The molecule has 0 radical (unpaired) electrons. The first kappa shape index (κ1) is 22.1. The number of carbonyl (C=O) groups is 2. The summed E-state index contributed by atoms with van der Waals surface area (Å²) in [6.07, 6.45) is 1.88. The molecule has 0 saturated carbocycles. The first-order valence-electron chi connectivity index (χ1n) is 10.7. The maximum atomic E-state index is 13.0. The van der Waals surface area contributed by atoms with Gasteiger partial charge in [-0.2, -0.15) is 0 Å². The lowest BCUT2D eigenvalue weighted by Crippen LogP contribution is -2.42. The SMILES string of the molecule is COc1ccc(C(=O)N[C@H]2C(=O)N/[N+](=C\c3ccc(N(C)C)cc3)[C@@H]2c2ccccc2)cc1. The fourth-order valence-electron chi connectivity index (χ4n) is 3.82. The Balaban J connectivity index is 1.64. The minimum atomic E-state index is -0.765. The topological polar surface area (TPSA) is 73.7 Å². The third kappa shape index (κ3) is 4.87. The average molecular weight is 444 g/mol. The number of anilines is 1. The highest BCUT2D eigenvalue weighted by Crippen LogP contribution is 2.25. The number of carbonyl (C=O) groups excluding carboxylic acids is 2.